The zero-order valence-corrected chi connectivity index (χ0v) is 9.99. The molecule has 4 nitrogen and oxygen atoms in total. The third-order valence-corrected chi connectivity index (χ3v) is 2.81. The van der Waals surface area contributed by atoms with Gasteiger partial charge in [0.05, 0.1) is 5.60 Å². The van der Waals surface area contributed by atoms with Crippen LogP contribution >= 0.6 is 0 Å². The molecule has 1 aromatic rings. The zero-order valence-electron chi connectivity index (χ0n) is 9.99. The fourth-order valence-electron chi connectivity index (χ4n) is 1.31. The van der Waals surface area contributed by atoms with E-state index in [2.05, 4.69) is 10.4 Å². The van der Waals surface area contributed by atoms with Gasteiger partial charge in [-0.3, -0.25) is 4.68 Å². The van der Waals surface area contributed by atoms with Crippen LogP contribution in [-0.4, -0.2) is 33.1 Å². The van der Waals surface area contributed by atoms with Gasteiger partial charge in [0, 0.05) is 37.9 Å². The minimum atomic E-state index is -0.674. The highest BCUT2D eigenvalue weighted by Gasteiger charge is 2.21. The number of nitrogens with zero attached hydrogens (tertiary/aromatic N) is 2. The van der Waals surface area contributed by atoms with Crippen molar-refractivity contribution in [2.24, 2.45) is 7.05 Å². The normalized spacial score (nSPS) is 14.2. The molecule has 1 aromatic heterocycles. The fraction of sp³-hybridized carbons (Fsp3) is 0.727. The lowest BCUT2D eigenvalue weighted by Gasteiger charge is -2.26. The molecule has 1 heterocycles. The van der Waals surface area contributed by atoms with Crippen LogP contribution in [0, 0.1) is 0 Å². The Morgan fingerprint density at radius 1 is 1.60 bits per heavy atom. The number of hydrogen-bond donors (Lipinski definition) is 2. The predicted molar refractivity (Wildman–Crippen MR) is 60.7 cm³/mol. The van der Waals surface area contributed by atoms with Crippen molar-refractivity contribution in [3.63, 3.8) is 0 Å². The Balaban J connectivity index is 2.31. The number of aryl methyl sites for hydroxylation is 1. The van der Waals surface area contributed by atoms with Crippen LogP contribution in [0.25, 0.3) is 0 Å². The molecular weight excluding hydrogens is 190 g/mol. The van der Waals surface area contributed by atoms with E-state index in [0.717, 1.165) is 13.0 Å². The van der Waals surface area contributed by atoms with Gasteiger partial charge in [-0.05, 0) is 26.8 Å². The lowest BCUT2D eigenvalue weighted by molar-refractivity contribution is 0.0446. The summed E-state index contributed by atoms with van der Waals surface area (Å²) in [5, 5.41) is 17.1. The van der Waals surface area contributed by atoms with Crippen LogP contribution in [0.2, 0.25) is 0 Å². The Labute approximate surface area is 91.3 Å². The molecule has 0 fully saturated rings. The molecule has 0 saturated carbocycles. The van der Waals surface area contributed by atoms with Crippen LogP contribution in [0.3, 0.4) is 0 Å². The molecule has 1 rings (SSSR count). The molecular formula is C11H21N3O. The van der Waals surface area contributed by atoms with Crippen LogP contribution in [0.5, 0.6) is 0 Å². The van der Waals surface area contributed by atoms with E-state index < -0.39 is 5.60 Å². The van der Waals surface area contributed by atoms with Gasteiger partial charge in [-0.25, -0.2) is 0 Å². The first-order valence-corrected chi connectivity index (χ1v) is 5.34. The minimum absolute atomic E-state index is 0.0886. The third-order valence-electron chi connectivity index (χ3n) is 2.81. The Hall–Kier alpha value is -0.870. The van der Waals surface area contributed by atoms with Crippen molar-refractivity contribution >= 4 is 0 Å². The van der Waals surface area contributed by atoms with Gasteiger partial charge < -0.3 is 10.4 Å². The van der Waals surface area contributed by atoms with Crippen molar-refractivity contribution in [1.82, 2.24) is 15.1 Å². The number of rotatable bonds is 5. The van der Waals surface area contributed by atoms with Crippen molar-refractivity contribution in [3.8, 4) is 0 Å². The van der Waals surface area contributed by atoms with Crippen molar-refractivity contribution in [2.75, 3.05) is 6.54 Å². The standard InChI is InChI=1S/C11H21N3O/c1-9(11(2,3)15)12-7-5-10-6-8-13-14(10)4/h6,8-9,12,15H,5,7H2,1-4H3. The highest BCUT2D eigenvalue weighted by molar-refractivity contribution is 5.00. The summed E-state index contributed by atoms with van der Waals surface area (Å²) >= 11 is 0. The summed E-state index contributed by atoms with van der Waals surface area (Å²) in [4.78, 5) is 0. The maximum Gasteiger partial charge on any atom is 0.0741 e. The molecule has 15 heavy (non-hydrogen) atoms. The summed E-state index contributed by atoms with van der Waals surface area (Å²) in [6, 6.07) is 2.10. The Bertz CT molecular complexity index is 301. The molecule has 0 aliphatic heterocycles. The number of aliphatic hydroxyl groups is 1. The Morgan fingerprint density at radius 2 is 2.27 bits per heavy atom. The molecule has 0 bridgehead atoms. The molecule has 0 spiro atoms. The van der Waals surface area contributed by atoms with Crippen molar-refractivity contribution in [2.45, 2.75) is 38.8 Å². The minimum Gasteiger partial charge on any atom is -0.389 e. The van der Waals surface area contributed by atoms with E-state index >= 15 is 0 Å². The summed E-state index contributed by atoms with van der Waals surface area (Å²) in [6.07, 6.45) is 2.73. The van der Waals surface area contributed by atoms with E-state index in [-0.39, 0.29) is 6.04 Å². The van der Waals surface area contributed by atoms with Gasteiger partial charge in [0.25, 0.3) is 0 Å². The van der Waals surface area contributed by atoms with Gasteiger partial charge in [0.2, 0.25) is 0 Å². The molecule has 4 heteroatoms. The average Bonchev–Trinajstić information content (AvgIpc) is 2.50. The number of aromatic nitrogens is 2. The SMILES string of the molecule is CC(NCCc1ccnn1C)C(C)(C)O. The lowest BCUT2D eigenvalue weighted by Crippen LogP contribution is -2.45. The zero-order chi connectivity index (χ0) is 11.5. The fourth-order valence-corrected chi connectivity index (χ4v) is 1.31. The van der Waals surface area contributed by atoms with Gasteiger partial charge in [0.1, 0.15) is 0 Å². The van der Waals surface area contributed by atoms with E-state index in [0.29, 0.717) is 0 Å². The molecule has 1 unspecified atom stereocenters. The molecule has 1 atom stereocenters. The highest BCUT2D eigenvalue weighted by atomic mass is 16.3. The number of hydrogen-bond acceptors (Lipinski definition) is 3. The summed E-state index contributed by atoms with van der Waals surface area (Å²) in [5.41, 5.74) is 0.525. The highest BCUT2D eigenvalue weighted by Crippen LogP contribution is 2.07. The molecule has 0 aliphatic carbocycles. The topological polar surface area (TPSA) is 50.1 Å². The number of nitrogens with one attached hydrogen (secondary N) is 1. The lowest BCUT2D eigenvalue weighted by atomic mass is 10.0. The summed E-state index contributed by atoms with van der Waals surface area (Å²) < 4.78 is 1.87. The molecule has 0 aliphatic rings. The van der Waals surface area contributed by atoms with Crippen LogP contribution in [0.1, 0.15) is 26.5 Å². The predicted octanol–water partition coefficient (Wildman–Crippen LogP) is 0.712. The van der Waals surface area contributed by atoms with E-state index in [1.54, 1.807) is 6.20 Å². The molecule has 2 N–H and O–H groups in total. The Morgan fingerprint density at radius 3 is 2.73 bits per heavy atom. The smallest absolute Gasteiger partial charge is 0.0741 e. The Kier molecular flexibility index (Phi) is 3.88. The first-order chi connectivity index (χ1) is 6.91. The molecule has 0 saturated heterocycles. The van der Waals surface area contributed by atoms with Gasteiger partial charge in [-0.2, -0.15) is 5.10 Å². The second kappa shape index (κ2) is 4.77. The first kappa shape index (κ1) is 12.2. The molecule has 0 radical (unpaired) electrons. The van der Waals surface area contributed by atoms with Crippen LogP contribution in [0.15, 0.2) is 12.3 Å². The molecule has 0 aromatic carbocycles. The maximum atomic E-state index is 9.72. The van der Waals surface area contributed by atoms with E-state index in [1.807, 2.05) is 38.6 Å². The third kappa shape index (κ3) is 3.64. The molecule has 0 amide bonds. The summed E-state index contributed by atoms with van der Waals surface area (Å²) in [6.45, 7) is 6.47. The van der Waals surface area contributed by atoms with E-state index in [9.17, 15) is 5.11 Å². The van der Waals surface area contributed by atoms with Gasteiger partial charge in [-0.15, -0.1) is 0 Å². The van der Waals surface area contributed by atoms with Crippen molar-refractivity contribution < 1.29 is 5.11 Å². The van der Waals surface area contributed by atoms with Crippen LogP contribution in [0.4, 0.5) is 0 Å². The van der Waals surface area contributed by atoms with Gasteiger partial charge in [0.15, 0.2) is 0 Å². The van der Waals surface area contributed by atoms with Gasteiger partial charge in [-0.1, -0.05) is 0 Å². The summed E-state index contributed by atoms with van der Waals surface area (Å²) in [5.74, 6) is 0. The first-order valence-electron chi connectivity index (χ1n) is 5.34. The maximum absolute atomic E-state index is 9.72. The second-order valence-corrected chi connectivity index (χ2v) is 4.53. The monoisotopic (exact) mass is 211 g/mol. The second-order valence-electron chi connectivity index (χ2n) is 4.53. The van der Waals surface area contributed by atoms with E-state index in [1.165, 1.54) is 5.69 Å². The average molecular weight is 211 g/mol. The van der Waals surface area contributed by atoms with Crippen LogP contribution in [-0.2, 0) is 13.5 Å². The molecule has 86 valence electrons. The van der Waals surface area contributed by atoms with E-state index in [4.69, 9.17) is 0 Å². The largest absolute Gasteiger partial charge is 0.389 e. The van der Waals surface area contributed by atoms with Gasteiger partial charge >= 0.3 is 0 Å². The quantitative estimate of drug-likeness (QED) is 0.754. The van der Waals surface area contributed by atoms with Crippen molar-refractivity contribution in [1.29, 1.82) is 0 Å². The van der Waals surface area contributed by atoms with Crippen LogP contribution < -0.4 is 5.32 Å². The summed E-state index contributed by atoms with van der Waals surface area (Å²) in [7, 11) is 1.94. The van der Waals surface area contributed by atoms with Crippen molar-refractivity contribution in [3.05, 3.63) is 18.0 Å².